The van der Waals surface area contributed by atoms with Crippen molar-refractivity contribution < 1.29 is 27.4 Å². The molecule has 0 saturated carbocycles. The number of amides is 1. The Morgan fingerprint density at radius 1 is 1.38 bits per heavy atom. The van der Waals surface area contributed by atoms with E-state index in [0.29, 0.717) is 6.61 Å². The maximum absolute atomic E-state index is 14.4. The summed E-state index contributed by atoms with van der Waals surface area (Å²) in [7, 11) is 0. The maximum Gasteiger partial charge on any atom is 0.275 e. The Kier molecular flexibility index (Phi) is 5.97. The molecule has 1 aromatic carbocycles. The average Bonchev–Trinajstić information content (AvgIpc) is 2.70. The van der Waals surface area contributed by atoms with Crippen LogP contribution in [0.25, 0.3) is 0 Å². The Balaban J connectivity index is 1.89. The van der Waals surface area contributed by atoms with Gasteiger partial charge in [0.05, 0.1) is 25.6 Å². The lowest BCUT2D eigenvalue weighted by atomic mass is 9.90. The van der Waals surface area contributed by atoms with Gasteiger partial charge in [-0.2, -0.15) is 0 Å². The number of nitrogens with two attached hydrogens (primary N) is 1. The summed E-state index contributed by atoms with van der Waals surface area (Å²) in [5.41, 5.74) is 2.83. The van der Waals surface area contributed by atoms with Crippen molar-refractivity contribution in [3.05, 3.63) is 47.7 Å². The van der Waals surface area contributed by atoms with Gasteiger partial charge in [0, 0.05) is 11.3 Å². The van der Waals surface area contributed by atoms with Crippen LogP contribution in [-0.2, 0) is 10.3 Å². The van der Waals surface area contributed by atoms with E-state index >= 15 is 0 Å². The van der Waals surface area contributed by atoms with Crippen molar-refractivity contribution in [3.63, 3.8) is 0 Å². The van der Waals surface area contributed by atoms with Gasteiger partial charge in [0.2, 0.25) is 5.88 Å². The number of carbonyl (C=O) groups excluding carboxylic acids is 1. The Morgan fingerprint density at radius 3 is 2.79 bits per heavy atom. The number of amidine groups is 1. The van der Waals surface area contributed by atoms with Gasteiger partial charge in [-0.3, -0.25) is 9.79 Å². The Labute approximate surface area is 164 Å². The van der Waals surface area contributed by atoms with Crippen LogP contribution < -0.4 is 15.8 Å². The smallest absolute Gasteiger partial charge is 0.275 e. The lowest BCUT2D eigenvalue weighted by Gasteiger charge is -2.33. The number of ether oxygens (including phenoxy) is 2. The van der Waals surface area contributed by atoms with Crippen molar-refractivity contribution in [2.24, 2.45) is 10.7 Å². The highest BCUT2D eigenvalue weighted by molar-refractivity contribution is 6.02. The first-order valence-corrected chi connectivity index (χ1v) is 8.62. The van der Waals surface area contributed by atoms with Crippen LogP contribution in [0.15, 0.2) is 35.6 Å². The summed E-state index contributed by atoms with van der Waals surface area (Å²) in [6, 6.07) is 3.26. The van der Waals surface area contributed by atoms with Crippen LogP contribution in [0.2, 0.25) is 0 Å². The molecule has 1 aliphatic heterocycles. The third kappa shape index (κ3) is 4.29. The molecule has 3 N–H and O–H groups in total. The minimum absolute atomic E-state index is 0.0360. The number of aromatic nitrogens is 2. The van der Waals surface area contributed by atoms with Crippen molar-refractivity contribution in [1.29, 1.82) is 0 Å². The molecule has 3 rings (SSSR count). The quantitative estimate of drug-likeness (QED) is 0.756. The summed E-state index contributed by atoms with van der Waals surface area (Å²) in [5, 5.41) is 2.47. The van der Waals surface area contributed by atoms with Crippen molar-refractivity contribution in [3.8, 4) is 5.88 Å². The molecule has 1 aliphatic rings. The number of anilines is 1. The number of aliphatic imine (C=N–C) groups is 1. The van der Waals surface area contributed by atoms with E-state index in [1.54, 1.807) is 6.92 Å². The highest BCUT2D eigenvalue weighted by Crippen LogP contribution is 2.37. The summed E-state index contributed by atoms with van der Waals surface area (Å²) in [6.07, 6.45) is -0.610. The molecule has 8 nitrogen and oxygen atoms in total. The zero-order chi connectivity index (χ0) is 21.0. The van der Waals surface area contributed by atoms with Crippen molar-refractivity contribution >= 4 is 17.4 Å². The Bertz CT molecular complexity index is 923. The highest BCUT2D eigenvalue weighted by atomic mass is 19.3. The number of alkyl halides is 2. The molecule has 0 bridgehead atoms. The molecule has 1 atom stereocenters. The van der Waals surface area contributed by atoms with Crippen molar-refractivity contribution in [1.82, 2.24) is 9.97 Å². The van der Waals surface area contributed by atoms with Gasteiger partial charge in [0.1, 0.15) is 24.0 Å². The molecule has 1 amide bonds. The number of rotatable bonds is 6. The van der Waals surface area contributed by atoms with Crippen LogP contribution in [0.1, 0.15) is 23.0 Å². The number of hydrogen-bond donors (Lipinski definition) is 2. The van der Waals surface area contributed by atoms with Crippen LogP contribution in [0.5, 0.6) is 5.88 Å². The standard InChI is InChI=1S/C18H18F3N5O3/c1-2-29-15-7-23-13(6-24-15)16(27)25-10-3-4-12(19)11(5-10)18(17(20)21)9-28-8-14(22)26-18/h3-7,17H,2,8-9H2,1H3,(H2,22,26)(H,25,27). The molecule has 0 saturated heterocycles. The number of benzene rings is 1. The first-order valence-electron chi connectivity index (χ1n) is 8.62. The number of nitrogens with zero attached hydrogens (tertiary/aromatic N) is 3. The minimum atomic E-state index is -3.08. The zero-order valence-electron chi connectivity index (χ0n) is 15.4. The van der Waals surface area contributed by atoms with Crippen LogP contribution in [0.3, 0.4) is 0 Å². The number of halogens is 3. The second-order valence-electron chi connectivity index (χ2n) is 6.14. The highest BCUT2D eigenvalue weighted by Gasteiger charge is 2.46. The van der Waals surface area contributed by atoms with Gasteiger partial charge in [-0.05, 0) is 25.1 Å². The van der Waals surface area contributed by atoms with Crippen LogP contribution in [-0.4, -0.2) is 48.0 Å². The molecule has 1 unspecified atom stereocenters. The lowest BCUT2D eigenvalue weighted by molar-refractivity contribution is -0.0145. The van der Waals surface area contributed by atoms with Gasteiger partial charge in [-0.25, -0.2) is 23.1 Å². The molecule has 29 heavy (non-hydrogen) atoms. The van der Waals surface area contributed by atoms with E-state index in [9.17, 15) is 18.0 Å². The second kappa shape index (κ2) is 8.43. The van der Waals surface area contributed by atoms with E-state index in [4.69, 9.17) is 15.2 Å². The van der Waals surface area contributed by atoms with E-state index < -0.39 is 35.9 Å². The first kappa shape index (κ1) is 20.5. The normalized spacial score (nSPS) is 19.0. The second-order valence-corrected chi connectivity index (χ2v) is 6.14. The predicted molar refractivity (Wildman–Crippen MR) is 97.7 cm³/mol. The molecule has 0 spiro atoms. The molecule has 0 radical (unpaired) electrons. The molecule has 2 aromatic rings. The molecule has 0 aliphatic carbocycles. The molecule has 11 heteroatoms. The monoisotopic (exact) mass is 409 g/mol. The summed E-state index contributed by atoms with van der Waals surface area (Å²) in [6.45, 7) is 1.49. The fourth-order valence-electron chi connectivity index (χ4n) is 2.79. The van der Waals surface area contributed by atoms with Crippen LogP contribution in [0.4, 0.5) is 18.9 Å². The van der Waals surface area contributed by atoms with Crippen molar-refractivity contribution in [2.45, 2.75) is 18.9 Å². The van der Waals surface area contributed by atoms with E-state index in [1.807, 2.05) is 0 Å². The third-order valence-electron chi connectivity index (χ3n) is 4.12. The fraction of sp³-hybridized carbons (Fsp3) is 0.333. The Morgan fingerprint density at radius 2 is 2.17 bits per heavy atom. The Hall–Kier alpha value is -3.21. The zero-order valence-corrected chi connectivity index (χ0v) is 15.4. The number of nitrogens with one attached hydrogen (secondary N) is 1. The fourth-order valence-corrected chi connectivity index (χ4v) is 2.79. The van der Waals surface area contributed by atoms with Gasteiger partial charge in [0.15, 0.2) is 5.54 Å². The molecular weight excluding hydrogens is 391 g/mol. The lowest BCUT2D eigenvalue weighted by Crippen LogP contribution is -2.45. The first-order chi connectivity index (χ1) is 13.9. The van der Waals surface area contributed by atoms with Crippen molar-refractivity contribution in [2.75, 3.05) is 25.1 Å². The summed E-state index contributed by atoms with van der Waals surface area (Å²) >= 11 is 0. The van der Waals surface area contributed by atoms with Gasteiger partial charge in [-0.1, -0.05) is 0 Å². The molecule has 1 aromatic heterocycles. The van der Waals surface area contributed by atoms with Crippen LogP contribution in [0, 0.1) is 5.82 Å². The van der Waals surface area contributed by atoms with Gasteiger partial charge in [-0.15, -0.1) is 0 Å². The summed E-state index contributed by atoms with van der Waals surface area (Å²) < 4.78 is 52.3. The molecule has 2 heterocycles. The molecular formula is C18H18F3N5O3. The van der Waals surface area contributed by atoms with Gasteiger partial charge < -0.3 is 20.5 Å². The maximum atomic E-state index is 14.4. The molecule has 0 fully saturated rings. The third-order valence-corrected chi connectivity index (χ3v) is 4.12. The molecule has 154 valence electrons. The van der Waals surface area contributed by atoms with E-state index in [-0.39, 0.29) is 29.7 Å². The van der Waals surface area contributed by atoms with Gasteiger partial charge in [0.25, 0.3) is 12.3 Å². The summed E-state index contributed by atoms with van der Waals surface area (Å²) in [4.78, 5) is 24.0. The SMILES string of the molecule is CCOc1cnc(C(=O)Nc2ccc(F)c(C3(C(F)F)COCC(N)=N3)c2)cn1. The average molecular weight is 409 g/mol. The van der Waals surface area contributed by atoms with E-state index in [0.717, 1.165) is 12.1 Å². The van der Waals surface area contributed by atoms with E-state index in [2.05, 4.69) is 20.3 Å². The number of carbonyl (C=O) groups is 1. The topological polar surface area (TPSA) is 112 Å². The number of hydrogen-bond acceptors (Lipinski definition) is 7. The van der Waals surface area contributed by atoms with Crippen LogP contribution >= 0.6 is 0 Å². The largest absolute Gasteiger partial charge is 0.477 e. The van der Waals surface area contributed by atoms with Gasteiger partial charge >= 0.3 is 0 Å². The predicted octanol–water partition coefficient (Wildman–Crippen LogP) is 2.11. The summed E-state index contributed by atoms with van der Waals surface area (Å²) in [5.74, 6) is -1.51. The van der Waals surface area contributed by atoms with E-state index in [1.165, 1.54) is 18.5 Å². The minimum Gasteiger partial charge on any atom is -0.477 e.